The van der Waals surface area contributed by atoms with Crippen LogP contribution in [0.15, 0.2) is 73.6 Å². The van der Waals surface area contributed by atoms with Crippen LogP contribution in [-0.4, -0.2) is 23.4 Å². The van der Waals surface area contributed by atoms with Crippen LogP contribution in [0.3, 0.4) is 0 Å². The van der Waals surface area contributed by atoms with Crippen molar-refractivity contribution in [3.63, 3.8) is 0 Å². The highest BCUT2D eigenvalue weighted by Crippen LogP contribution is 2.33. The molecule has 0 N–H and O–H groups in total. The highest BCUT2D eigenvalue weighted by atomic mass is 32.2. The number of thiazole rings is 1. The van der Waals surface area contributed by atoms with Crippen molar-refractivity contribution in [1.82, 2.24) is 15.0 Å². The van der Waals surface area contributed by atoms with E-state index < -0.39 is 9.84 Å². The molecule has 0 unspecified atom stereocenters. The highest BCUT2D eigenvalue weighted by Gasteiger charge is 2.22. The van der Waals surface area contributed by atoms with Crippen LogP contribution in [0.25, 0.3) is 0 Å². The van der Waals surface area contributed by atoms with Crippen LogP contribution in [0.1, 0.15) is 0 Å². The van der Waals surface area contributed by atoms with E-state index in [1.54, 1.807) is 18.3 Å². The van der Waals surface area contributed by atoms with Gasteiger partial charge in [0.1, 0.15) is 9.24 Å². The summed E-state index contributed by atoms with van der Waals surface area (Å²) in [7, 11) is -3.60. The van der Waals surface area contributed by atoms with Gasteiger partial charge in [-0.15, -0.1) is 0 Å². The topological polar surface area (TPSA) is 72.8 Å². The molecule has 3 aromatic rings. The first-order chi connectivity index (χ1) is 10.2. The number of pyridine rings is 2. The normalized spacial score (nSPS) is 11.4. The molecule has 0 aliphatic carbocycles. The molecule has 0 radical (unpaired) electrons. The molecule has 3 rings (SSSR count). The molecule has 0 aliphatic rings. The zero-order valence-electron chi connectivity index (χ0n) is 10.6. The zero-order valence-corrected chi connectivity index (χ0v) is 13.0. The largest absolute Gasteiger partial charge is 0.250 e. The first-order valence-corrected chi connectivity index (χ1v) is 8.99. The molecule has 0 bridgehead atoms. The Kier molecular flexibility index (Phi) is 4.00. The lowest BCUT2D eigenvalue weighted by Crippen LogP contribution is -2.01. The van der Waals surface area contributed by atoms with Crippen molar-refractivity contribution >= 4 is 32.9 Å². The lowest BCUT2D eigenvalue weighted by Gasteiger charge is -1.98. The minimum atomic E-state index is -3.60. The third-order valence-corrected chi connectivity index (χ3v) is 6.62. The molecular weight excluding hydrogens is 326 g/mol. The van der Waals surface area contributed by atoms with Gasteiger partial charge < -0.3 is 0 Å². The Morgan fingerprint density at radius 1 is 0.952 bits per heavy atom. The average Bonchev–Trinajstić information content (AvgIpc) is 2.98. The van der Waals surface area contributed by atoms with Gasteiger partial charge in [0.25, 0.3) is 0 Å². The van der Waals surface area contributed by atoms with Crippen LogP contribution < -0.4 is 0 Å². The van der Waals surface area contributed by atoms with Crippen molar-refractivity contribution in [2.75, 3.05) is 0 Å². The summed E-state index contributed by atoms with van der Waals surface area (Å²) in [5.41, 5.74) is 0. The Morgan fingerprint density at radius 2 is 1.71 bits per heavy atom. The number of rotatable bonds is 4. The molecule has 3 heterocycles. The number of sulfone groups is 1. The minimum Gasteiger partial charge on any atom is -0.250 e. The summed E-state index contributed by atoms with van der Waals surface area (Å²) < 4.78 is 25.6. The first-order valence-electron chi connectivity index (χ1n) is 5.87. The SMILES string of the molecule is O=S(=O)(c1ccccn1)c1cnc(Sc2ccccn2)s1. The van der Waals surface area contributed by atoms with Gasteiger partial charge in [0, 0.05) is 12.4 Å². The van der Waals surface area contributed by atoms with Gasteiger partial charge in [-0.1, -0.05) is 23.5 Å². The Bertz CT molecular complexity index is 833. The molecule has 21 heavy (non-hydrogen) atoms. The van der Waals surface area contributed by atoms with Gasteiger partial charge in [0.05, 0.1) is 6.20 Å². The molecule has 3 aromatic heterocycles. The predicted octanol–water partition coefficient (Wildman–Crippen LogP) is 2.92. The van der Waals surface area contributed by atoms with E-state index in [1.165, 1.54) is 30.2 Å². The molecule has 8 heteroatoms. The van der Waals surface area contributed by atoms with E-state index in [0.717, 1.165) is 16.4 Å². The fourth-order valence-electron chi connectivity index (χ4n) is 1.52. The van der Waals surface area contributed by atoms with Crippen molar-refractivity contribution < 1.29 is 8.42 Å². The van der Waals surface area contributed by atoms with Gasteiger partial charge in [0.15, 0.2) is 9.37 Å². The summed E-state index contributed by atoms with van der Waals surface area (Å²) in [5.74, 6) is 0. The number of nitrogens with zero attached hydrogens (tertiary/aromatic N) is 3. The Hall–Kier alpha value is -1.77. The van der Waals surface area contributed by atoms with Crippen LogP contribution in [0.5, 0.6) is 0 Å². The number of hydrogen-bond acceptors (Lipinski definition) is 7. The molecule has 0 amide bonds. The molecular formula is C13H9N3O2S3. The summed E-state index contributed by atoms with van der Waals surface area (Å²) in [4.78, 5) is 12.2. The second kappa shape index (κ2) is 5.92. The third kappa shape index (κ3) is 3.12. The van der Waals surface area contributed by atoms with Crippen molar-refractivity contribution in [3.8, 4) is 0 Å². The van der Waals surface area contributed by atoms with Gasteiger partial charge in [-0.3, -0.25) is 0 Å². The van der Waals surface area contributed by atoms with Gasteiger partial charge >= 0.3 is 0 Å². The Morgan fingerprint density at radius 3 is 2.38 bits per heavy atom. The maximum absolute atomic E-state index is 12.4. The molecule has 0 spiro atoms. The predicted molar refractivity (Wildman–Crippen MR) is 80.2 cm³/mol. The highest BCUT2D eigenvalue weighted by molar-refractivity contribution is 8.01. The molecule has 0 saturated heterocycles. The Labute approximate surface area is 130 Å². The van der Waals surface area contributed by atoms with Crippen LogP contribution in [-0.2, 0) is 9.84 Å². The van der Waals surface area contributed by atoms with Crippen molar-refractivity contribution in [3.05, 3.63) is 55.0 Å². The van der Waals surface area contributed by atoms with Gasteiger partial charge in [-0.05, 0) is 36.0 Å². The maximum atomic E-state index is 12.4. The summed E-state index contributed by atoms with van der Waals surface area (Å²) in [6, 6.07) is 10.3. The van der Waals surface area contributed by atoms with Gasteiger partial charge in [-0.25, -0.2) is 23.4 Å². The molecule has 0 atom stereocenters. The lowest BCUT2D eigenvalue weighted by atomic mass is 10.5. The minimum absolute atomic E-state index is 0.0306. The van der Waals surface area contributed by atoms with E-state index in [1.807, 2.05) is 18.2 Å². The number of aromatic nitrogens is 3. The molecule has 5 nitrogen and oxygen atoms in total. The summed E-state index contributed by atoms with van der Waals surface area (Å²) in [6.07, 6.45) is 4.50. The van der Waals surface area contributed by atoms with Gasteiger partial charge in [0.2, 0.25) is 9.84 Å². The van der Waals surface area contributed by atoms with E-state index in [9.17, 15) is 8.42 Å². The molecule has 0 aliphatic heterocycles. The van der Waals surface area contributed by atoms with Crippen molar-refractivity contribution in [2.45, 2.75) is 18.6 Å². The summed E-state index contributed by atoms with van der Waals surface area (Å²) in [6.45, 7) is 0. The fraction of sp³-hybridized carbons (Fsp3) is 0. The maximum Gasteiger partial charge on any atom is 0.234 e. The quantitative estimate of drug-likeness (QED) is 0.730. The van der Waals surface area contributed by atoms with E-state index in [0.29, 0.717) is 4.34 Å². The average molecular weight is 335 g/mol. The second-order valence-corrected chi connectivity index (χ2v) is 8.31. The first kappa shape index (κ1) is 14.2. The van der Waals surface area contributed by atoms with Gasteiger partial charge in [-0.2, -0.15) is 0 Å². The lowest BCUT2D eigenvalue weighted by molar-refractivity contribution is 0.594. The molecule has 0 saturated carbocycles. The van der Waals surface area contributed by atoms with Crippen LogP contribution in [0.2, 0.25) is 0 Å². The van der Waals surface area contributed by atoms with E-state index in [4.69, 9.17) is 0 Å². The second-order valence-electron chi connectivity index (χ2n) is 3.89. The summed E-state index contributed by atoms with van der Waals surface area (Å²) >= 11 is 2.44. The monoisotopic (exact) mass is 335 g/mol. The Balaban J connectivity index is 1.89. The van der Waals surface area contributed by atoms with E-state index in [2.05, 4.69) is 15.0 Å². The molecule has 0 aromatic carbocycles. The smallest absolute Gasteiger partial charge is 0.234 e. The van der Waals surface area contributed by atoms with Crippen LogP contribution >= 0.6 is 23.1 Å². The van der Waals surface area contributed by atoms with E-state index in [-0.39, 0.29) is 9.24 Å². The van der Waals surface area contributed by atoms with E-state index >= 15 is 0 Å². The third-order valence-electron chi connectivity index (χ3n) is 2.47. The summed E-state index contributed by atoms with van der Waals surface area (Å²) in [5, 5.41) is 0.802. The van der Waals surface area contributed by atoms with Crippen LogP contribution in [0.4, 0.5) is 0 Å². The van der Waals surface area contributed by atoms with Crippen LogP contribution in [0, 0.1) is 0 Å². The zero-order chi connectivity index (χ0) is 14.7. The number of hydrogen-bond donors (Lipinski definition) is 0. The molecule has 106 valence electrons. The van der Waals surface area contributed by atoms with Crippen molar-refractivity contribution in [1.29, 1.82) is 0 Å². The fourth-order valence-corrected chi connectivity index (χ4v) is 5.09. The molecule has 0 fully saturated rings. The standard InChI is InChI=1S/C13H9N3O2S3/c17-21(18,11-6-2-4-8-15-11)12-9-16-13(20-12)19-10-5-1-3-7-14-10/h1-9H. The van der Waals surface area contributed by atoms with Crippen molar-refractivity contribution in [2.24, 2.45) is 0 Å².